The van der Waals surface area contributed by atoms with Crippen LogP contribution in [0.25, 0.3) is 11.0 Å². The molecule has 0 radical (unpaired) electrons. The van der Waals surface area contributed by atoms with Gasteiger partial charge in [-0.2, -0.15) is 0 Å². The Hall–Kier alpha value is -2.86. The molecule has 0 bridgehead atoms. The Morgan fingerprint density at radius 2 is 1.96 bits per heavy atom. The maximum Gasteiger partial charge on any atom is 0.255 e. The second-order valence-corrected chi connectivity index (χ2v) is 6.71. The number of fused-ring (bicyclic) bond motifs is 1. The van der Waals surface area contributed by atoms with Crippen LogP contribution < -0.4 is 10.5 Å². The molecular formula is C20H24N4O2. The van der Waals surface area contributed by atoms with E-state index in [9.17, 15) is 4.79 Å². The van der Waals surface area contributed by atoms with Gasteiger partial charge in [-0.25, -0.2) is 4.98 Å². The molecule has 3 N–H and O–H groups in total. The fourth-order valence-electron chi connectivity index (χ4n) is 2.91. The second-order valence-electron chi connectivity index (χ2n) is 6.71. The van der Waals surface area contributed by atoms with Crippen LogP contribution in [0.2, 0.25) is 0 Å². The molecule has 1 heterocycles. The van der Waals surface area contributed by atoms with Gasteiger partial charge in [0.2, 0.25) is 0 Å². The van der Waals surface area contributed by atoms with Gasteiger partial charge in [0.15, 0.2) is 6.61 Å². The molecule has 0 spiro atoms. The van der Waals surface area contributed by atoms with Gasteiger partial charge in [0, 0.05) is 6.54 Å². The van der Waals surface area contributed by atoms with E-state index >= 15 is 0 Å². The number of aromatic amines is 1. The number of primary amides is 1. The Kier molecular flexibility index (Phi) is 5.23. The van der Waals surface area contributed by atoms with Crippen LogP contribution in [0.15, 0.2) is 36.4 Å². The number of benzene rings is 2. The van der Waals surface area contributed by atoms with Gasteiger partial charge in [0.25, 0.3) is 5.91 Å². The number of imidazole rings is 1. The molecule has 3 aromatic rings. The van der Waals surface area contributed by atoms with Gasteiger partial charge in [0.1, 0.15) is 11.6 Å². The Bertz CT molecular complexity index is 894. The molecule has 1 amide bonds. The van der Waals surface area contributed by atoms with Crippen LogP contribution in [0.4, 0.5) is 0 Å². The molecule has 136 valence electrons. The van der Waals surface area contributed by atoms with Crippen molar-refractivity contribution < 1.29 is 9.53 Å². The number of nitrogens with two attached hydrogens (primary N) is 1. The standard InChI is InChI=1S/C20H24N4O2/c1-13-7-17-18(8-14(13)2)23-20(22-17)11-24(3)10-15-5-4-6-16(9-15)26-12-19(21)25/h4-9H,10-12H2,1-3H3,(H2,21,25)(H,22,23). The fourth-order valence-corrected chi connectivity index (χ4v) is 2.91. The van der Waals surface area contributed by atoms with Gasteiger partial charge in [-0.1, -0.05) is 12.1 Å². The Morgan fingerprint density at radius 1 is 1.19 bits per heavy atom. The zero-order valence-corrected chi connectivity index (χ0v) is 15.4. The predicted octanol–water partition coefficient (Wildman–Crippen LogP) is 2.68. The lowest BCUT2D eigenvalue weighted by molar-refractivity contribution is -0.119. The summed E-state index contributed by atoms with van der Waals surface area (Å²) >= 11 is 0. The number of H-pyrrole nitrogens is 1. The molecule has 2 aromatic carbocycles. The zero-order chi connectivity index (χ0) is 18.7. The first kappa shape index (κ1) is 17.9. The normalized spacial score (nSPS) is 11.2. The molecule has 26 heavy (non-hydrogen) atoms. The minimum atomic E-state index is -0.483. The summed E-state index contributed by atoms with van der Waals surface area (Å²) in [5.41, 5.74) is 10.8. The van der Waals surface area contributed by atoms with Gasteiger partial charge in [-0.3, -0.25) is 9.69 Å². The van der Waals surface area contributed by atoms with E-state index in [1.807, 2.05) is 31.3 Å². The highest BCUT2D eigenvalue weighted by Gasteiger charge is 2.09. The topological polar surface area (TPSA) is 84.2 Å². The SMILES string of the molecule is Cc1cc2nc(CN(C)Cc3cccc(OCC(N)=O)c3)[nH]c2cc1C. The fraction of sp³-hybridized carbons (Fsp3) is 0.300. The average molecular weight is 352 g/mol. The van der Waals surface area contributed by atoms with E-state index in [0.29, 0.717) is 12.3 Å². The van der Waals surface area contributed by atoms with Crippen molar-refractivity contribution in [1.29, 1.82) is 0 Å². The molecule has 0 saturated carbocycles. The predicted molar refractivity (Wildman–Crippen MR) is 102 cm³/mol. The van der Waals surface area contributed by atoms with Crippen molar-refractivity contribution in [2.75, 3.05) is 13.7 Å². The monoisotopic (exact) mass is 352 g/mol. The molecule has 0 aliphatic carbocycles. The van der Waals surface area contributed by atoms with Gasteiger partial charge in [-0.05, 0) is 61.9 Å². The van der Waals surface area contributed by atoms with E-state index in [-0.39, 0.29) is 6.61 Å². The third-order valence-corrected chi connectivity index (χ3v) is 4.30. The van der Waals surface area contributed by atoms with E-state index in [1.165, 1.54) is 11.1 Å². The number of amides is 1. The summed E-state index contributed by atoms with van der Waals surface area (Å²) in [5.74, 6) is 1.10. The number of nitrogens with one attached hydrogen (secondary N) is 1. The van der Waals surface area contributed by atoms with Crippen LogP contribution in [-0.4, -0.2) is 34.4 Å². The first-order chi connectivity index (χ1) is 12.4. The molecule has 1 aromatic heterocycles. The van der Waals surface area contributed by atoms with Gasteiger partial charge < -0.3 is 15.5 Å². The zero-order valence-electron chi connectivity index (χ0n) is 15.4. The van der Waals surface area contributed by atoms with Crippen LogP contribution in [0.1, 0.15) is 22.5 Å². The lowest BCUT2D eigenvalue weighted by Crippen LogP contribution is -2.20. The van der Waals surface area contributed by atoms with Crippen molar-refractivity contribution in [2.24, 2.45) is 5.73 Å². The first-order valence-electron chi connectivity index (χ1n) is 8.55. The van der Waals surface area contributed by atoms with E-state index in [2.05, 4.69) is 40.8 Å². The van der Waals surface area contributed by atoms with Gasteiger partial charge in [-0.15, -0.1) is 0 Å². The summed E-state index contributed by atoms with van der Waals surface area (Å²) in [6.07, 6.45) is 0. The minimum absolute atomic E-state index is 0.114. The molecule has 0 atom stereocenters. The van der Waals surface area contributed by atoms with Crippen LogP contribution in [0, 0.1) is 13.8 Å². The Morgan fingerprint density at radius 3 is 2.73 bits per heavy atom. The quantitative estimate of drug-likeness (QED) is 0.685. The van der Waals surface area contributed by atoms with E-state index in [0.717, 1.165) is 29.0 Å². The smallest absolute Gasteiger partial charge is 0.255 e. The van der Waals surface area contributed by atoms with Crippen LogP contribution >= 0.6 is 0 Å². The molecule has 0 unspecified atom stereocenters. The van der Waals surface area contributed by atoms with Crippen molar-refractivity contribution in [3.8, 4) is 5.75 Å². The number of ether oxygens (including phenoxy) is 1. The molecule has 0 fully saturated rings. The highest BCUT2D eigenvalue weighted by atomic mass is 16.5. The number of rotatable bonds is 7. The van der Waals surface area contributed by atoms with Crippen molar-refractivity contribution in [3.05, 3.63) is 58.9 Å². The lowest BCUT2D eigenvalue weighted by atomic mass is 10.1. The van der Waals surface area contributed by atoms with Crippen molar-refractivity contribution in [2.45, 2.75) is 26.9 Å². The first-order valence-corrected chi connectivity index (χ1v) is 8.55. The van der Waals surface area contributed by atoms with E-state index in [1.54, 1.807) is 0 Å². The third kappa shape index (κ3) is 4.40. The number of carbonyl (C=O) groups excluding carboxylic acids is 1. The summed E-state index contributed by atoms with van der Waals surface area (Å²) in [5, 5.41) is 0. The molecule has 6 nitrogen and oxygen atoms in total. The van der Waals surface area contributed by atoms with E-state index in [4.69, 9.17) is 10.5 Å². The highest BCUT2D eigenvalue weighted by Crippen LogP contribution is 2.19. The average Bonchev–Trinajstić information content (AvgIpc) is 2.94. The van der Waals surface area contributed by atoms with Crippen LogP contribution in [-0.2, 0) is 17.9 Å². The van der Waals surface area contributed by atoms with Crippen molar-refractivity contribution >= 4 is 16.9 Å². The largest absolute Gasteiger partial charge is 0.484 e. The number of aromatic nitrogens is 2. The molecule has 0 saturated heterocycles. The summed E-state index contributed by atoms with van der Waals surface area (Å²) in [7, 11) is 2.04. The Labute approximate surface area is 153 Å². The van der Waals surface area contributed by atoms with Gasteiger partial charge >= 0.3 is 0 Å². The molecule has 0 aliphatic heterocycles. The minimum Gasteiger partial charge on any atom is -0.484 e. The van der Waals surface area contributed by atoms with Crippen molar-refractivity contribution in [3.63, 3.8) is 0 Å². The Balaban J connectivity index is 1.66. The van der Waals surface area contributed by atoms with E-state index < -0.39 is 5.91 Å². The number of carbonyl (C=O) groups is 1. The second kappa shape index (κ2) is 7.58. The summed E-state index contributed by atoms with van der Waals surface area (Å²) in [6.45, 7) is 5.54. The third-order valence-electron chi connectivity index (χ3n) is 4.30. The number of hydrogen-bond donors (Lipinski definition) is 2. The van der Waals surface area contributed by atoms with Gasteiger partial charge in [0.05, 0.1) is 17.6 Å². The summed E-state index contributed by atoms with van der Waals surface area (Å²) in [6, 6.07) is 11.9. The number of nitrogens with zero attached hydrogens (tertiary/aromatic N) is 2. The number of aryl methyl sites for hydroxylation is 2. The summed E-state index contributed by atoms with van der Waals surface area (Å²) in [4.78, 5) is 21.1. The van der Waals surface area contributed by atoms with Crippen LogP contribution in [0.3, 0.4) is 0 Å². The maximum atomic E-state index is 10.8. The lowest BCUT2D eigenvalue weighted by Gasteiger charge is -2.15. The molecule has 0 aliphatic rings. The molecular weight excluding hydrogens is 328 g/mol. The highest BCUT2D eigenvalue weighted by molar-refractivity contribution is 5.77. The number of hydrogen-bond acceptors (Lipinski definition) is 4. The molecule has 6 heteroatoms. The van der Waals surface area contributed by atoms with Crippen molar-refractivity contribution in [1.82, 2.24) is 14.9 Å². The maximum absolute atomic E-state index is 10.8. The van der Waals surface area contributed by atoms with Crippen LogP contribution in [0.5, 0.6) is 5.75 Å². The summed E-state index contributed by atoms with van der Waals surface area (Å²) < 4.78 is 5.36. The molecule has 3 rings (SSSR count).